The third kappa shape index (κ3) is 6.76. The molecule has 0 aliphatic carbocycles. The molecule has 0 bridgehead atoms. The fourth-order valence-electron chi connectivity index (χ4n) is 1.53. The first-order valence-electron chi connectivity index (χ1n) is 7.04. The molecule has 0 saturated carbocycles. The molecule has 4 nitrogen and oxygen atoms in total. The topological polar surface area (TPSA) is 67.3 Å². The second-order valence-electron chi connectivity index (χ2n) is 5.19. The molecule has 1 aromatic rings. The van der Waals surface area contributed by atoms with Crippen molar-refractivity contribution in [1.82, 2.24) is 4.98 Å². The van der Waals surface area contributed by atoms with Crippen LogP contribution in [0.2, 0.25) is 0 Å². The highest BCUT2D eigenvalue weighted by atomic mass is 32.2. The summed E-state index contributed by atoms with van der Waals surface area (Å²) in [6, 6.07) is 5.72. The standard InChI is InChI=1S/C8H8F10O3S.C5H5N/c9-4(2-1-3-5(10,11)12)6(13,14)7(15,16)8(17,18)22(19,20)21;1-2-4-6-5-3-1/h4H,1-3H2,(H,19,20,21);1-5H. The Morgan fingerprint density at radius 2 is 1.36 bits per heavy atom. The number of hydrogen-bond acceptors (Lipinski definition) is 3. The van der Waals surface area contributed by atoms with Crippen molar-refractivity contribution in [3.05, 3.63) is 30.6 Å². The third-order valence-corrected chi connectivity index (χ3v) is 3.89. The van der Waals surface area contributed by atoms with Crippen molar-refractivity contribution in [3.8, 4) is 0 Å². The van der Waals surface area contributed by atoms with Gasteiger partial charge in [-0.2, -0.15) is 47.9 Å². The largest absolute Gasteiger partial charge is 0.438 e. The van der Waals surface area contributed by atoms with Crippen LogP contribution < -0.4 is 0 Å². The SMILES string of the molecule is O=S(=O)(O)C(F)(F)C(F)(F)C(F)(F)C(F)CCCC(F)(F)F.c1ccncc1. The first-order valence-corrected chi connectivity index (χ1v) is 8.48. The molecular formula is C13H13F10NO3S. The Labute approximate surface area is 152 Å². The molecule has 0 aliphatic heterocycles. The molecule has 0 radical (unpaired) electrons. The van der Waals surface area contributed by atoms with Crippen LogP contribution in [0.1, 0.15) is 19.3 Å². The van der Waals surface area contributed by atoms with Gasteiger partial charge in [-0.3, -0.25) is 9.54 Å². The number of halogens is 10. The lowest BCUT2D eigenvalue weighted by atomic mass is 10.0. The van der Waals surface area contributed by atoms with Crippen molar-refractivity contribution in [3.63, 3.8) is 0 Å². The maximum Gasteiger partial charge on any atom is 0.438 e. The van der Waals surface area contributed by atoms with Gasteiger partial charge >= 0.3 is 33.4 Å². The fraction of sp³-hybridized carbons (Fsp3) is 0.615. The number of pyridine rings is 1. The van der Waals surface area contributed by atoms with Crippen LogP contribution in [0, 0.1) is 0 Å². The fourth-order valence-corrected chi connectivity index (χ4v) is 1.99. The molecule has 0 aliphatic rings. The Morgan fingerprint density at radius 1 is 0.893 bits per heavy atom. The summed E-state index contributed by atoms with van der Waals surface area (Å²) in [6.45, 7) is 0. The van der Waals surface area contributed by atoms with E-state index in [0.29, 0.717) is 0 Å². The van der Waals surface area contributed by atoms with Crippen LogP contribution in [-0.2, 0) is 10.1 Å². The van der Waals surface area contributed by atoms with Gasteiger partial charge in [0.05, 0.1) is 0 Å². The number of rotatable bonds is 7. The minimum Gasteiger partial charge on any atom is -0.281 e. The lowest BCUT2D eigenvalue weighted by Gasteiger charge is -2.32. The van der Waals surface area contributed by atoms with Crippen LogP contribution in [-0.4, -0.2) is 47.4 Å². The summed E-state index contributed by atoms with van der Waals surface area (Å²) >= 11 is 0. The van der Waals surface area contributed by atoms with Gasteiger partial charge in [-0.05, 0) is 25.0 Å². The van der Waals surface area contributed by atoms with E-state index in [2.05, 4.69) is 4.98 Å². The Hall–Kier alpha value is -1.64. The summed E-state index contributed by atoms with van der Waals surface area (Å²) < 4.78 is 153. The van der Waals surface area contributed by atoms with Gasteiger partial charge in [-0.15, -0.1) is 0 Å². The van der Waals surface area contributed by atoms with Crippen molar-refractivity contribution in [1.29, 1.82) is 0 Å². The molecular weight excluding hydrogens is 440 g/mol. The molecule has 164 valence electrons. The Balaban J connectivity index is 0.00000102. The maximum atomic E-state index is 13.0. The molecule has 0 fully saturated rings. The normalized spacial score (nSPS) is 14.8. The lowest BCUT2D eigenvalue weighted by Crippen LogP contribution is -2.61. The van der Waals surface area contributed by atoms with Crippen molar-refractivity contribution < 1.29 is 56.9 Å². The van der Waals surface area contributed by atoms with Crippen LogP contribution in [0.5, 0.6) is 0 Å². The first kappa shape index (κ1) is 26.4. The van der Waals surface area contributed by atoms with E-state index >= 15 is 0 Å². The molecule has 28 heavy (non-hydrogen) atoms. The van der Waals surface area contributed by atoms with Crippen LogP contribution >= 0.6 is 0 Å². The number of alkyl halides is 10. The molecule has 1 heterocycles. The highest BCUT2D eigenvalue weighted by molar-refractivity contribution is 7.87. The van der Waals surface area contributed by atoms with E-state index in [-0.39, 0.29) is 0 Å². The minimum atomic E-state index is -7.03. The smallest absolute Gasteiger partial charge is 0.281 e. The number of hydrogen-bond donors (Lipinski definition) is 1. The van der Waals surface area contributed by atoms with Gasteiger partial charge in [-0.25, -0.2) is 4.39 Å². The molecule has 1 aromatic heterocycles. The van der Waals surface area contributed by atoms with Crippen molar-refractivity contribution in [2.75, 3.05) is 0 Å². The van der Waals surface area contributed by atoms with Crippen LogP contribution in [0.4, 0.5) is 43.9 Å². The molecule has 1 atom stereocenters. The van der Waals surface area contributed by atoms with Crippen molar-refractivity contribution in [2.45, 2.75) is 48.7 Å². The minimum absolute atomic E-state index is 1.42. The van der Waals surface area contributed by atoms with E-state index in [1.807, 2.05) is 18.2 Å². The zero-order chi connectivity index (χ0) is 22.4. The maximum absolute atomic E-state index is 13.0. The van der Waals surface area contributed by atoms with E-state index in [1.165, 1.54) is 0 Å². The van der Waals surface area contributed by atoms with Gasteiger partial charge in [0.1, 0.15) is 0 Å². The van der Waals surface area contributed by atoms with Gasteiger partial charge < -0.3 is 0 Å². The summed E-state index contributed by atoms with van der Waals surface area (Å²) in [5, 5.41) is -6.74. The van der Waals surface area contributed by atoms with Gasteiger partial charge in [0.15, 0.2) is 6.17 Å². The second-order valence-corrected chi connectivity index (χ2v) is 6.65. The first-order chi connectivity index (χ1) is 12.4. The van der Waals surface area contributed by atoms with E-state index in [1.54, 1.807) is 12.4 Å². The summed E-state index contributed by atoms with van der Waals surface area (Å²) in [7, 11) is -7.03. The summed E-state index contributed by atoms with van der Waals surface area (Å²) in [4.78, 5) is 3.78. The predicted octanol–water partition coefficient (Wildman–Crippen LogP) is 4.89. The van der Waals surface area contributed by atoms with E-state index in [4.69, 9.17) is 4.55 Å². The van der Waals surface area contributed by atoms with Crippen LogP contribution in [0.25, 0.3) is 0 Å². The number of aromatic nitrogens is 1. The summed E-state index contributed by atoms with van der Waals surface area (Å²) in [5.41, 5.74) is 0. The van der Waals surface area contributed by atoms with E-state index in [9.17, 15) is 52.3 Å². The van der Waals surface area contributed by atoms with Crippen LogP contribution in [0.3, 0.4) is 0 Å². The van der Waals surface area contributed by atoms with Gasteiger partial charge in [0, 0.05) is 18.8 Å². The molecule has 1 N–H and O–H groups in total. The monoisotopic (exact) mass is 453 g/mol. The zero-order valence-corrected chi connectivity index (χ0v) is 14.3. The average molecular weight is 453 g/mol. The van der Waals surface area contributed by atoms with Crippen molar-refractivity contribution >= 4 is 10.1 Å². The predicted molar refractivity (Wildman–Crippen MR) is 75.4 cm³/mol. The van der Waals surface area contributed by atoms with E-state index in [0.717, 1.165) is 0 Å². The molecule has 0 spiro atoms. The highest BCUT2D eigenvalue weighted by Crippen LogP contribution is 2.51. The Morgan fingerprint density at radius 3 is 1.64 bits per heavy atom. The van der Waals surface area contributed by atoms with Gasteiger partial charge in [-0.1, -0.05) is 6.07 Å². The molecule has 1 unspecified atom stereocenters. The quantitative estimate of drug-likeness (QED) is 0.472. The van der Waals surface area contributed by atoms with E-state index < -0.39 is 58.8 Å². The van der Waals surface area contributed by atoms with Gasteiger partial charge in [0.2, 0.25) is 0 Å². The van der Waals surface area contributed by atoms with Gasteiger partial charge in [0.25, 0.3) is 0 Å². The molecule has 0 saturated heterocycles. The van der Waals surface area contributed by atoms with Crippen LogP contribution in [0.15, 0.2) is 30.6 Å². The summed E-state index contributed by atoms with van der Waals surface area (Å²) in [6.07, 6.45) is -10.8. The number of nitrogens with zero attached hydrogens (tertiary/aromatic N) is 1. The lowest BCUT2D eigenvalue weighted by molar-refractivity contribution is -0.300. The average Bonchev–Trinajstić information content (AvgIpc) is 2.54. The molecule has 15 heteroatoms. The highest BCUT2D eigenvalue weighted by Gasteiger charge is 2.79. The molecule has 0 aromatic carbocycles. The Kier molecular flexibility index (Phi) is 8.70. The second kappa shape index (κ2) is 9.24. The third-order valence-electron chi connectivity index (χ3n) is 2.99. The van der Waals surface area contributed by atoms with Crippen molar-refractivity contribution in [2.24, 2.45) is 0 Å². The zero-order valence-electron chi connectivity index (χ0n) is 13.5. The molecule has 1 rings (SSSR count). The molecule has 0 amide bonds. The summed E-state index contributed by atoms with van der Waals surface area (Å²) in [5.74, 6) is -13.2. The Bertz CT molecular complexity index is 668.